The Balaban J connectivity index is 0.00000300. The summed E-state index contributed by atoms with van der Waals surface area (Å²) in [6.07, 6.45) is 4.62. The minimum Gasteiger partial charge on any atom is -0.439 e. The Morgan fingerprint density at radius 1 is 1.14 bits per heavy atom. The van der Waals surface area contributed by atoms with Crippen LogP contribution in [0, 0.1) is 5.82 Å². The van der Waals surface area contributed by atoms with Gasteiger partial charge < -0.3 is 15.4 Å². The smallest absolute Gasteiger partial charge is 0.219 e. The number of hydrogen-bond acceptors (Lipinski definition) is 5. The van der Waals surface area contributed by atoms with E-state index in [-0.39, 0.29) is 29.8 Å². The number of hydrogen-bond donors (Lipinski definition) is 2. The number of thiazole rings is 1. The Kier molecular flexibility index (Phi) is 9.26. The predicted octanol–water partition coefficient (Wildman–Crippen LogP) is 4.52. The molecular formula is C20H23FIN5OS. The minimum absolute atomic E-state index is 0. The van der Waals surface area contributed by atoms with Crippen LogP contribution in [-0.4, -0.2) is 23.0 Å². The second-order valence-corrected chi connectivity index (χ2v) is 7.12. The maximum Gasteiger partial charge on any atom is 0.219 e. The second-order valence-electron chi connectivity index (χ2n) is 5.92. The van der Waals surface area contributed by atoms with Crippen molar-refractivity contribution in [1.29, 1.82) is 0 Å². The molecule has 2 aromatic heterocycles. The van der Waals surface area contributed by atoms with Crippen molar-refractivity contribution in [2.45, 2.75) is 26.4 Å². The van der Waals surface area contributed by atoms with Crippen molar-refractivity contribution in [2.24, 2.45) is 4.99 Å². The van der Waals surface area contributed by atoms with Crippen LogP contribution in [0.2, 0.25) is 0 Å². The molecule has 2 N–H and O–H groups in total. The zero-order valence-corrected chi connectivity index (χ0v) is 19.3. The number of ether oxygens (including phenoxy) is 1. The van der Waals surface area contributed by atoms with Gasteiger partial charge in [0.25, 0.3) is 0 Å². The highest BCUT2D eigenvalue weighted by molar-refractivity contribution is 14.0. The first-order valence-corrected chi connectivity index (χ1v) is 9.74. The van der Waals surface area contributed by atoms with Crippen LogP contribution in [0.1, 0.15) is 22.4 Å². The average molecular weight is 527 g/mol. The van der Waals surface area contributed by atoms with Crippen LogP contribution in [0.15, 0.2) is 53.8 Å². The molecular weight excluding hydrogens is 504 g/mol. The van der Waals surface area contributed by atoms with Crippen LogP contribution >= 0.6 is 35.3 Å². The van der Waals surface area contributed by atoms with Crippen molar-refractivity contribution < 1.29 is 9.13 Å². The number of aliphatic imine (C=N–C) groups is 1. The molecule has 0 amide bonds. The van der Waals surface area contributed by atoms with Crippen LogP contribution in [0.5, 0.6) is 11.6 Å². The first-order valence-electron chi connectivity index (χ1n) is 8.92. The highest BCUT2D eigenvalue weighted by Gasteiger charge is 2.04. The van der Waals surface area contributed by atoms with Crippen LogP contribution in [0.25, 0.3) is 0 Å². The Morgan fingerprint density at radius 3 is 2.62 bits per heavy atom. The fourth-order valence-electron chi connectivity index (χ4n) is 2.39. The molecule has 3 aromatic rings. The molecule has 9 heteroatoms. The monoisotopic (exact) mass is 527 g/mol. The summed E-state index contributed by atoms with van der Waals surface area (Å²) in [6, 6.07) is 9.61. The summed E-state index contributed by atoms with van der Waals surface area (Å²) in [7, 11) is 1.73. The van der Waals surface area contributed by atoms with Gasteiger partial charge in [0.15, 0.2) is 5.96 Å². The molecule has 0 fully saturated rings. The molecule has 154 valence electrons. The van der Waals surface area contributed by atoms with Crippen LogP contribution in [0.3, 0.4) is 0 Å². The van der Waals surface area contributed by atoms with Crippen molar-refractivity contribution in [3.05, 3.63) is 70.1 Å². The highest BCUT2D eigenvalue weighted by Crippen LogP contribution is 2.20. The van der Waals surface area contributed by atoms with Crippen LogP contribution < -0.4 is 15.4 Å². The third-order valence-corrected chi connectivity index (χ3v) is 5.00. The molecule has 0 radical (unpaired) electrons. The maximum absolute atomic E-state index is 13.2. The van der Waals surface area contributed by atoms with E-state index >= 15 is 0 Å². The predicted molar refractivity (Wildman–Crippen MR) is 125 cm³/mol. The molecule has 2 heterocycles. The molecule has 0 unspecified atom stereocenters. The lowest BCUT2D eigenvalue weighted by Gasteiger charge is -2.11. The molecule has 0 aliphatic carbocycles. The van der Waals surface area contributed by atoms with Gasteiger partial charge in [0.05, 0.1) is 6.54 Å². The summed E-state index contributed by atoms with van der Waals surface area (Å²) in [5.74, 6) is 1.16. The lowest BCUT2D eigenvalue weighted by Crippen LogP contribution is -2.36. The Morgan fingerprint density at radius 2 is 1.97 bits per heavy atom. The molecule has 6 nitrogen and oxygen atoms in total. The lowest BCUT2D eigenvalue weighted by molar-refractivity contribution is 0.457. The number of rotatable bonds is 7. The van der Waals surface area contributed by atoms with Gasteiger partial charge in [-0.15, -0.1) is 35.3 Å². The fourth-order valence-corrected chi connectivity index (χ4v) is 3.19. The number of halogens is 2. The third-order valence-electron chi connectivity index (χ3n) is 3.86. The fraction of sp³-hybridized carbons (Fsp3) is 0.250. The van der Waals surface area contributed by atoms with Gasteiger partial charge in [-0.25, -0.2) is 14.4 Å². The number of pyridine rings is 1. The number of benzene rings is 1. The average Bonchev–Trinajstić information content (AvgIpc) is 3.17. The minimum atomic E-state index is -0.346. The third kappa shape index (κ3) is 7.24. The van der Waals surface area contributed by atoms with E-state index in [1.54, 1.807) is 42.8 Å². The van der Waals surface area contributed by atoms with Crippen molar-refractivity contribution >= 4 is 41.3 Å². The van der Waals surface area contributed by atoms with Crippen LogP contribution in [-0.2, 0) is 19.5 Å². The zero-order valence-electron chi connectivity index (χ0n) is 16.2. The highest BCUT2D eigenvalue weighted by atomic mass is 127. The van der Waals surface area contributed by atoms with Gasteiger partial charge in [0.2, 0.25) is 5.88 Å². The molecule has 0 atom stereocenters. The van der Waals surface area contributed by atoms with Gasteiger partial charge in [-0.3, -0.25) is 4.99 Å². The normalized spacial score (nSPS) is 10.9. The zero-order chi connectivity index (χ0) is 19.8. The van der Waals surface area contributed by atoms with Crippen molar-refractivity contribution in [3.8, 4) is 11.6 Å². The Labute approximate surface area is 190 Å². The largest absolute Gasteiger partial charge is 0.439 e. The summed E-state index contributed by atoms with van der Waals surface area (Å²) < 4.78 is 18.8. The topological polar surface area (TPSA) is 71.4 Å². The number of nitrogens with zero attached hydrogens (tertiary/aromatic N) is 3. The second kappa shape index (κ2) is 11.7. The number of aromatic nitrogens is 2. The summed E-state index contributed by atoms with van der Waals surface area (Å²) >= 11 is 1.70. The lowest BCUT2D eigenvalue weighted by atomic mass is 10.3. The summed E-state index contributed by atoms with van der Waals surface area (Å²) in [6.45, 7) is 3.31. The van der Waals surface area contributed by atoms with Crippen molar-refractivity contribution in [1.82, 2.24) is 20.6 Å². The van der Waals surface area contributed by atoms with E-state index in [0.29, 0.717) is 30.7 Å². The first kappa shape index (κ1) is 23.0. The molecule has 0 aliphatic heterocycles. The molecule has 0 bridgehead atoms. The maximum atomic E-state index is 13.2. The van der Waals surface area contributed by atoms with Crippen LogP contribution in [0.4, 0.5) is 4.39 Å². The SMILES string of the molecule is CCc1cnc(CNC(=NC)NCc2ccc(Oc3cccc(F)c3)nc2)s1.I. The van der Waals surface area contributed by atoms with E-state index in [4.69, 9.17) is 4.74 Å². The first-order chi connectivity index (χ1) is 13.7. The molecule has 29 heavy (non-hydrogen) atoms. The van der Waals surface area contributed by atoms with Gasteiger partial charge >= 0.3 is 0 Å². The summed E-state index contributed by atoms with van der Waals surface area (Å²) in [4.78, 5) is 14.1. The molecule has 1 aromatic carbocycles. The van der Waals surface area contributed by atoms with E-state index in [9.17, 15) is 4.39 Å². The van der Waals surface area contributed by atoms with Gasteiger partial charge in [-0.2, -0.15) is 0 Å². The van der Waals surface area contributed by atoms with E-state index in [0.717, 1.165) is 17.0 Å². The van der Waals surface area contributed by atoms with Crippen molar-refractivity contribution in [2.75, 3.05) is 7.05 Å². The molecule has 3 rings (SSSR count). The Hall–Kier alpha value is -2.27. The van der Waals surface area contributed by atoms with Gasteiger partial charge in [0, 0.05) is 43.0 Å². The van der Waals surface area contributed by atoms with E-state index in [1.807, 2.05) is 12.3 Å². The molecule has 0 spiro atoms. The van der Waals surface area contributed by atoms with E-state index in [1.165, 1.54) is 17.0 Å². The number of nitrogens with one attached hydrogen (secondary N) is 2. The van der Waals surface area contributed by atoms with E-state index < -0.39 is 0 Å². The van der Waals surface area contributed by atoms with Gasteiger partial charge in [0.1, 0.15) is 16.6 Å². The molecule has 0 aliphatic rings. The summed E-state index contributed by atoms with van der Waals surface area (Å²) in [5.41, 5.74) is 0.970. The standard InChI is InChI=1S/C20H22FN5OS.HI/c1-3-17-12-24-19(28-17)13-26-20(22-2)25-11-14-7-8-18(23-10-14)27-16-6-4-5-15(21)9-16;/h4-10,12H,3,11,13H2,1-2H3,(H2,22,25,26);1H. The van der Waals surface area contributed by atoms with Gasteiger partial charge in [-0.05, 0) is 24.1 Å². The van der Waals surface area contributed by atoms with Gasteiger partial charge in [-0.1, -0.05) is 19.1 Å². The van der Waals surface area contributed by atoms with Crippen molar-refractivity contribution in [3.63, 3.8) is 0 Å². The molecule has 0 saturated carbocycles. The number of aryl methyl sites for hydroxylation is 1. The quantitative estimate of drug-likeness (QED) is 0.269. The number of guanidine groups is 1. The molecule has 0 saturated heterocycles. The summed E-state index contributed by atoms with van der Waals surface area (Å²) in [5, 5.41) is 7.52. The van der Waals surface area contributed by atoms with E-state index in [2.05, 4.69) is 32.5 Å². The Bertz CT molecular complexity index is 933.